The molecule has 0 saturated carbocycles. The highest BCUT2D eigenvalue weighted by Gasteiger charge is 1.96. The molecular weight excluding hydrogens is 140 g/mol. The third-order valence-corrected chi connectivity index (χ3v) is 1.18. The van der Waals surface area contributed by atoms with Gasteiger partial charge >= 0.3 is 0 Å². The first-order chi connectivity index (χ1) is 5.22. The predicted octanol–water partition coefficient (Wildman–Crippen LogP) is 0.433. The highest BCUT2D eigenvalue weighted by Crippen LogP contribution is 2.01. The number of rotatable bonds is 1. The lowest BCUT2D eigenvalue weighted by Crippen LogP contribution is -1.99. The Hall–Kier alpha value is -1.63. The van der Waals surface area contributed by atoms with Crippen molar-refractivity contribution in [2.24, 2.45) is 0 Å². The van der Waals surface area contributed by atoms with Crippen LogP contribution in [0.25, 0.3) is 0 Å². The molecule has 1 heterocycles. The van der Waals surface area contributed by atoms with Crippen LogP contribution in [0.3, 0.4) is 0 Å². The van der Waals surface area contributed by atoms with Crippen LogP contribution in [-0.4, -0.2) is 9.97 Å². The van der Waals surface area contributed by atoms with E-state index in [0.29, 0.717) is 5.69 Å². The summed E-state index contributed by atoms with van der Waals surface area (Å²) < 4.78 is 0. The summed E-state index contributed by atoms with van der Waals surface area (Å²) in [6, 6.07) is 3.74. The average Bonchev–Trinajstić information content (AvgIpc) is 1.85. The Kier molecular flexibility index (Phi) is 2.02. The van der Waals surface area contributed by atoms with Gasteiger partial charge in [-0.05, 0) is 13.0 Å². The molecule has 0 fully saturated rings. The quantitative estimate of drug-likeness (QED) is 0.626. The summed E-state index contributed by atoms with van der Waals surface area (Å²) in [5.74, 6) is 0.232. The third kappa shape index (κ3) is 1.90. The smallest absolute Gasteiger partial charge is 0.220 e. The summed E-state index contributed by atoms with van der Waals surface area (Å²) in [6.45, 7) is 1.82. The lowest BCUT2D eigenvalue weighted by molar-refractivity contribution is 1.03. The third-order valence-electron chi connectivity index (χ3n) is 1.18. The zero-order chi connectivity index (χ0) is 8.27. The number of nitrogens with zero attached hydrogens (tertiary/aromatic N) is 3. The van der Waals surface area contributed by atoms with Crippen molar-refractivity contribution in [3.63, 3.8) is 0 Å². The maximum absolute atomic E-state index is 8.35. The van der Waals surface area contributed by atoms with Crippen molar-refractivity contribution >= 4 is 5.95 Å². The first-order valence-electron chi connectivity index (χ1n) is 3.19. The zero-order valence-electron chi connectivity index (χ0n) is 6.20. The topological polar surface area (TPSA) is 75.6 Å². The standard InChI is InChI=1S/C7H8N4/c1-5-4-6(2-3-8)11-7(9)10-5/h4H,2H2,1H3,(H2,9,10,11). The molecular formula is C7H8N4. The minimum Gasteiger partial charge on any atom is -0.368 e. The van der Waals surface area contributed by atoms with Crippen LogP contribution < -0.4 is 5.73 Å². The second-order valence-corrected chi connectivity index (χ2v) is 2.19. The summed E-state index contributed by atoms with van der Waals surface area (Å²) in [6.07, 6.45) is 0.285. The molecule has 11 heavy (non-hydrogen) atoms. The SMILES string of the molecule is Cc1cc(CC#N)nc(N)n1. The number of aryl methyl sites for hydroxylation is 1. The van der Waals surface area contributed by atoms with Crippen LogP contribution in [-0.2, 0) is 6.42 Å². The van der Waals surface area contributed by atoms with Gasteiger partial charge in [-0.2, -0.15) is 5.26 Å². The van der Waals surface area contributed by atoms with Crippen LogP contribution in [0.5, 0.6) is 0 Å². The van der Waals surface area contributed by atoms with E-state index in [1.165, 1.54) is 0 Å². The molecule has 0 amide bonds. The fourth-order valence-electron chi connectivity index (χ4n) is 0.830. The van der Waals surface area contributed by atoms with E-state index in [0.717, 1.165) is 5.69 Å². The molecule has 1 aromatic rings. The van der Waals surface area contributed by atoms with Crippen LogP contribution in [0.2, 0.25) is 0 Å². The van der Waals surface area contributed by atoms with Gasteiger partial charge in [0.2, 0.25) is 5.95 Å². The zero-order valence-corrected chi connectivity index (χ0v) is 6.20. The van der Waals surface area contributed by atoms with Crippen molar-refractivity contribution in [1.29, 1.82) is 5.26 Å². The van der Waals surface area contributed by atoms with Gasteiger partial charge in [0.05, 0.1) is 18.2 Å². The molecule has 0 aliphatic carbocycles. The normalized spacial score (nSPS) is 9.09. The van der Waals surface area contributed by atoms with E-state index in [-0.39, 0.29) is 12.4 Å². The average molecular weight is 148 g/mol. The fourth-order valence-corrected chi connectivity index (χ4v) is 0.830. The van der Waals surface area contributed by atoms with Crippen LogP contribution in [0.15, 0.2) is 6.07 Å². The number of hydrogen-bond acceptors (Lipinski definition) is 4. The monoisotopic (exact) mass is 148 g/mol. The second kappa shape index (κ2) is 2.97. The number of aromatic nitrogens is 2. The van der Waals surface area contributed by atoms with Crippen molar-refractivity contribution in [3.8, 4) is 6.07 Å². The van der Waals surface area contributed by atoms with Crippen molar-refractivity contribution in [1.82, 2.24) is 9.97 Å². The minimum atomic E-state index is 0.232. The van der Waals surface area contributed by atoms with Gasteiger partial charge in [-0.3, -0.25) is 0 Å². The van der Waals surface area contributed by atoms with Gasteiger partial charge in [-0.1, -0.05) is 0 Å². The Morgan fingerprint density at radius 3 is 2.91 bits per heavy atom. The molecule has 0 bridgehead atoms. The molecule has 0 aromatic carbocycles. The molecule has 56 valence electrons. The largest absolute Gasteiger partial charge is 0.368 e. The van der Waals surface area contributed by atoms with E-state index in [9.17, 15) is 0 Å². The summed E-state index contributed by atoms with van der Waals surface area (Å²) in [7, 11) is 0. The number of nitriles is 1. The highest BCUT2D eigenvalue weighted by molar-refractivity contribution is 5.23. The van der Waals surface area contributed by atoms with E-state index < -0.39 is 0 Å². The van der Waals surface area contributed by atoms with Crippen LogP contribution in [0.1, 0.15) is 11.4 Å². The second-order valence-electron chi connectivity index (χ2n) is 2.19. The Balaban J connectivity index is 3.01. The molecule has 0 saturated heterocycles. The molecule has 0 aliphatic rings. The maximum atomic E-state index is 8.35. The fraction of sp³-hybridized carbons (Fsp3) is 0.286. The molecule has 1 rings (SSSR count). The van der Waals surface area contributed by atoms with Gasteiger partial charge in [0.25, 0.3) is 0 Å². The summed E-state index contributed by atoms with van der Waals surface area (Å²) in [4.78, 5) is 7.74. The lowest BCUT2D eigenvalue weighted by Gasteiger charge is -1.97. The summed E-state index contributed by atoms with van der Waals surface area (Å²) in [5.41, 5.74) is 6.83. The van der Waals surface area contributed by atoms with Gasteiger partial charge in [-0.15, -0.1) is 0 Å². The molecule has 4 heteroatoms. The molecule has 0 atom stereocenters. The van der Waals surface area contributed by atoms with Crippen molar-refractivity contribution in [3.05, 3.63) is 17.5 Å². The van der Waals surface area contributed by atoms with Gasteiger partial charge in [0.1, 0.15) is 0 Å². The summed E-state index contributed by atoms with van der Waals surface area (Å²) in [5, 5.41) is 8.35. The number of anilines is 1. The van der Waals surface area contributed by atoms with E-state index >= 15 is 0 Å². The maximum Gasteiger partial charge on any atom is 0.220 e. The Morgan fingerprint density at radius 1 is 1.64 bits per heavy atom. The number of hydrogen-bond donors (Lipinski definition) is 1. The first-order valence-corrected chi connectivity index (χ1v) is 3.19. The van der Waals surface area contributed by atoms with Gasteiger partial charge in [0.15, 0.2) is 0 Å². The summed E-state index contributed by atoms with van der Waals surface area (Å²) >= 11 is 0. The first kappa shape index (κ1) is 7.48. The Morgan fingerprint density at radius 2 is 2.36 bits per heavy atom. The predicted molar refractivity (Wildman–Crippen MR) is 40.5 cm³/mol. The number of nitrogens with two attached hydrogens (primary N) is 1. The Labute approximate surface area is 64.7 Å². The van der Waals surface area contributed by atoms with Crippen molar-refractivity contribution in [2.75, 3.05) is 5.73 Å². The van der Waals surface area contributed by atoms with Gasteiger partial charge in [-0.25, -0.2) is 9.97 Å². The lowest BCUT2D eigenvalue weighted by atomic mass is 10.3. The van der Waals surface area contributed by atoms with Crippen LogP contribution >= 0.6 is 0 Å². The molecule has 0 radical (unpaired) electrons. The van der Waals surface area contributed by atoms with Crippen LogP contribution in [0.4, 0.5) is 5.95 Å². The molecule has 4 nitrogen and oxygen atoms in total. The molecule has 1 aromatic heterocycles. The van der Waals surface area contributed by atoms with E-state index in [2.05, 4.69) is 9.97 Å². The molecule has 0 aliphatic heterocycles. The van der Waals surface area contributed by atoms with Crippen molar-refractivity contribution < 1.29 is 0 Å². The molecule has 0 unspecified atom stereocenters. The van der Waals surface area contributed by atoms with E-state index in [4.69, 9.17) is 11.0 Å². The minimum absolute atomic E-state index is 0.232. The van der Waals surface area contributed by atoms with E-state index in [1.54, 1.807) is 6.07 Å². The Bertz CT molecular complexity index is 280. The van der Waals surface area contributed by atoms with Gasteiger partial charge < -0.3 is 5.73 Å². The van der Waals surface area contributed by atoms with Gasteiger partial charge in [0, 0.05) is 5.69 Å². The highest BCUT2D eigenvalue weighted by atomic mass is 15.0. The van der Waals surface area contributed by atoms with Crippen LogP contribution in [0, 0.1) is 18.3 Å². The van der Waals surface area contributed by atoms with Crippen molar-refractivity contribution in [2.45, 2.75) is 13.3 Å². The number of nitrogen functional groups attached to an aromatic ring is 1. The molecule has 2 N–H and O–H groups in total. The molecule has 0 spiro atoms. The van der Waals surface area contributed by atoms with E-state index in [1.807, 2.05) is 13.0 Å².